The van der Waals surface area contributed by atoms with Gasteiger partial charge in [0.25, 0.3) is 0 Å². The number of carbonyl (C=O) groups excluding carboxylic acids is 1. The summed E-state index contributed by atoms with van der Waals surface area (Å²) in [5.41, 5.74) is 0. The van der Waals surface area contributed by atoms with E-state index in [9.17, 15) is 4.79 Å². The van der Waals surface area contributed by atoms with E-state index >= 15 is 0 Å². The summed E-state index contributed by atoms with van der Waals surface area (Å²) in [5, 5.41) is 3.27. The third-order valence-electron chi connectivity index (χ3n) is 2.25. The van der Waals surface area contributed by atoms with Crippen LogP contribution >= 0.6 is 0 Å². The fraction of sp³-hybridized carbons (Fsp3) is 0.917. The Labute approximate surface area is 98.7 Å². The van der Waals surface area contributed by atoms with Crippen molar-refractivity contribution in [3.8, 4) is 0 Å². The summed E-state index contributed by atoms with van der Waals surface area (Å²) < 4.78 is 9.97. The Morgan fingerprint density at radius 3 is 2.50 bits per heavy atom. The molecule has 0 amide bonds. The van der Waals surface area contributed by atoms with Crippen molar-refractivity contribution in [2.75, 3.05) is 33.4 Å². The molecule has 0 aliphatic rings. The van der Waals surface area contributed by atoms with Crippen LogP contribution < -0.4 is 5.32 Å². The number of nitrogens with one attached hydrogen (secondary N) is 1. The van der Waals surface area contributed by atoms with Crippen LogP contribution in [0, 0.1) is 0 Å². The van der Waals surface area contributed by atoms with E-state index < -0.39 is 0 Å². The molecule has 0 aromatic heterocycles. The van der Waals surface area contributed by atoms with Crippen LogP contribution in [0.15, 0.2) is 0 Å². The second kappa shape index (κ2) is 12.5. The molecule has 96 valence electrons. The maximum absolute atomic E-state index is 10.8. The van der Waals surface area contributed by atoms with Crippen molar-refractivity contribution in [2.24, 2.45) is 0 Å². The lowest BCUT2D eigenvalue weighted by atomic mass is 10.3. The predicted octanol–water partition coefficient (Wildman–Crippen LogP) is 1.74. The van der Waals surface area contributed by atoms with Crippen molar-refractivity contribution in [2.45, 2.75) is 39.0 Å². The number of hydrogen-bond donors (Lipinski definition) is 1. The maximum atomic E-state index is 10.8. The molecule has 0 saturated heterocycles. The first-order valence-corrected chi connectivity index (χ1v) is 6.16. The Kier molecular flexibility index (Phi) is 12.0. The maximum Gasteiger partial charge on any atom is 0.305 e. The molecule has 0 bridgehead atoms. The Hall–Kier alpha value is -0.610. The monoisotopic (exact) mass is 231 g/mol. The van der Waals surface area contributed by atoms with Gasteiger partial charge in [-0.2, -0.15) is 0 Å². The number of methoxy groups -OCH3 is 1. The van der Waals surface area contributed by atoms with Crippen LogP contribution in [-0.4, -0.2) is 39.4 Å². The minimum atomic E-state index is -0.135. The molecule has 0 heterocycles. The summed E-state index contributed by atoms with van der Waals surface area (Å²) in [4.78, 5) is 10.8. The molecular formula is C12H25NO3. The largest absolute Gasteiger partial charge is 0.469 e. The van der Waals surface area contributed by atoms with Gasteiger partial charge in [0.15, 0.2) is 0 Å². The van der Waals surface area contributed by atoms with E-state index in [0.717, 1.165) is 45.6 Å². The van der Waals surface area contributed by atoms with Crippen LogP contribution in [0.4, 0.5) is 0 Å². The number of hydrogen-bond acceptors (Lipinski definition) is 4. The third kappa shape index (κ3) is 11.5. The lowest BCUT2D eigenvalue weighted by Crippen LogP contribution is -2.19. The van der Waals surface area contributed by atoms with Crippen molar-refractivity contribution in [3.05, 3.63) is 0 Å². The van der Waals surface area contributed by atoms with Gasteiger partial charge in [-0.1, -0.05) is 13.3 Å². The first-order valence-electron chi connectivity index (χ1n) is 6.16. The van der Waals surface area contributed by atoms with Gasteiger partial charge < -0.3 is 14.8 Å². The number of esters is 1. The zero-order valence-electron chi connectivity index (χ0n) is 10.6. The zero-order chi connectivity index (χ0) is 12.1. The molecule has 4 heteroatoms. The van der Waals surface area contributed by atoms with Gasteiger partial charge >= 0.3 is 5.97 Å². The molecule has 0 radical (unpaired) electrons. The van der Waals surface area contributed by atoms with Crippen molar-refractivity contribution < 1.29 is 14.3 Å². The molecule has 0 aliphatic heterocycles. The summed E-state index contributed by atoms with van der Waals surface area (Å²) in [7, 11) is 1.42. The van der Waals surface area contributed by atoms with E-state index in [1.165, 1.54) is 13.5 Å². The minimum Gasteiger partial charge on any atom is -0.469 e. The Morgan fingerprint density at radius 1 is 1.12 bits per heavy atom. The second-order valence-corrected chi connectivity index (χ2v) is 3.75. The van der Waals surface area contributed by atoms with E-state index in [-0.39, 0.29) is 5.97 Å². The van der Waals surface area contributed by atoms with Crippen LogP contribution in [-0.2, 0) is 14.3 Å². The van der Waals surface area contributed by atoms with E-state index in [1.807, 2.05) is 0 Å². The molecule has 1 N–H and O–H groups in total. The first-order chi connectivity index (χ1) is 7.81. The smallest absolute Gasteiger partial charge is 0.305 e. The van der Waals surface area contributed by atoms with Gasteiger partial charge in [-0.05, 0) is 32.4 Å². The van der Waals surface area contributed by atoms with Gasteiger partial charge in [0, 0.05) is 19.6 Å². The van der Waals surface area contributed by atoms with Crippen LogP contribution in [0.1, 0.15) is 39.0 Å². The Bertz CT molecular complexity index is 162. The molecule has 0 fully saturated rings. The Balaban J connectivity index is 2.96. The standard InChI is InChI=1S/C12H25NO3/c1-3-4-10-16-11-6-9-13-8-5-7-12(14)15-2/h13H,3-11H2,1-2H3. The summed E-state index contributed by atoms with van der Waals surface area (Å²) in [5.74, 6) is -0.135. The lowest BCUT2D eigenvalue weighted by Gasteiger charge is -2.05. The Morgan fingerprint density at radius 2 is 1.81 bits per heavy atom. The van der Waals surface area contributed by atoms with Crippen LogP contribution in [0.2, 0.25) is 0 Å². The summed E-state index contributed by atoms with van der Waals surface area (Å²) >= 11 is 0. The van der Waals surface area contributed by atoms with E-state index in [1.54, 1.807) is 0 Å². The fourth-order valence-electron chi connectivity index (χ4n) is 1.23. The molecule has 0 unspecified atom stereocenters. The highest BCUT2D eigenvalue weighted by atomic mass is 16.5. The topological polar surface area (TPSA) is 47.6 Å². The molecule has 0 aromatic rings. The van der Waals surface area contributed by atoms with Gasteiger partial charge in [0.05, 0.1) is 7.11 Å². The molecule has 0 atom stereocenters. The number of unbranched alkanes of at least 4 members (excludes halogenated alkanes) is 1. The van der Waals surface area contributed by atoms with Crippen molar-refractivity contribution >= 4 is 5.97 Å². The summed E-state index contributed by atoms with van der Waals surface area (Å²) in [6.45, 7) is 5.67. The highest BCUT2D eigenvalue weighted by molar-refractivity contribution is 5.68. The number of rotatable bonds is 11. The van der Waals surface area contributed by atoms with Crippen LogP contribution in [0.3, 0.4) is 0 Å². The molecule has 0 aliphatic carbocycles. The zero-order valence-corrected chi connectivity index (χ0v) is 10.6. The lowest BCUT2D eigenvalue weighted by molar-refractivity contribution is -0.140. The van der Waals surface area contributed by atoms with Crippen LogP contribution in [0.5, 0.6) is 0 Å². The van der Waals surface area contributed by atoms with E-state index in [4.69, 9.17) is 4.74 Å². The second-order valence-electron chi connectivity index (χ2n) is 3.75. The fourth-order valence-corrected chi connectivity index (χ4v) is 1.23. The average molecular weight is 231 g/mol. The number of ether oxygens (including phenoxy) is 2. The summed E-state index contributed by atoms with van der Waals surface area (Å²) in [6.07, 6.45) is 4.69. The highest BCUT2D eigenvalue weighted by Crippen LogP contribution is 1.91. The van der Waals surface area contributed by atoms with Crippen LogP contribution in [0.25, 0.3) is 0 Å². The SMILES string of the molecule is CCCCOCCCNCCCC(=O)OC. The van der Waals surface area contributed by atoms with Gasteiger partial charge in [-0.25, -0.2) is 0 Å². The van der Waals surface area contributed by atoms with Gasteiger partial charge in [0.2, 0.25) is 0 Å². The molecule has 0 aromatic carbocycles. The molecular weight excluding hydrogens is 206 g/mol. The van der Waals surface area contributed by atoms with Gasteiger partial charge in [-0.15, -0.1) is 0 Å². The first kappa shape index (κ1) is 15.4. The number of carbonyl (C=O) groups is 1. The average Bonchev–Trinajstić information content (AvgIpc) is 2.31. The third-order valence-corrected chi connectivity index (χ3v) is 2.25. The van der Waals surface area contributed by atoms with Gasteiger partial charge in [-0.3, -0.25) is 4.79 Å². The molecule has 4 nitrogen and oxygen atoms in total. The summed E-state index contributed by atoms with van der Waals surface area (Å²) in [6, 6.07) is 0. The molecule has 0 rings (SSSR count). The quantitative estimate of drug-likeness (QED) is 0.434. The van der Waals surface area contributed by atoms with Crippen molar-refractivity contribution in [1.29, 1.82) is 0 Å². The van der Waals surface area contributed by atoms with E-state index in [2.05, 4.69) is 17.0 Å². The van der Waals surface area contributed by atoms with Gasteiger partial charge in [0.1, 0.15) is 0 Å². The van der Waals surface area contributed by atoms with Crippen molar-refractivity contribution in [1.82, 2.24) is 5.32 Å². The minimum absolute atomic E-state index is 0.135. The highest BCUT2D eigenvalue weighted by Gasteiger charge is 1.98. The molecule has 0 saturated carbocycles. The van der Waals surface area contributed by atoms with Crippen molar-refractivity contribution in [3.63, 3.8) is 0 Å². The molecule has 16 heavy (non-hydrogen) atoms. The van der Waals surface area contributed by atoms with E-state index in [0.29, 0.717) is 6.42 Å². The predicted molar refractivity (Wildman–Crippen MR) is 64.5 cm³/mol. The normalized spacial score (nSPS) is 10.4. The molecule has 0 spiro atoms.